The highest BCUT2D eigenvalue weighted by Crippen LogP contribution is 2.09. The van der Waals surface area contributed by atoms with Crippen molar-refractivity contribution in [2.45, 2.75) is 53.2 Å². The summed E-state index contributed by atoms with van der Waals surface area (Å²) in [4.78, 5) is 25.6. The number of aryl methyl sites for hydroxylation is 1. The van der Waals surface area contributed by atoms with Crippen molar-refractivity contribution in [3.05, 3.63) is 29.1 Å². The topological polar surface area (TPSA) is 91.5 Å². The molecule has 2 atom stereocenters. The number of esters is 1. The van der Waals surface area contributed by atoms with E-state index in [1.54, 1.807) is 19.2 Å². The van der Waals surface area contributed by atoms with E-state index >= 15 is 0 Å². The van der Waals surface area contributed by atoms with Gasteiger partial charge in [-0.3, -0.25) is 14.6 Å². The molecule has 0 aliphatic heterocycles. The number of nitrogens with zero attached hydrogens (tertiary/aromatic N) is 1. The van der Waals surface area contributed by atoms with Crippen molar-refractivity contribution >= 4 is 21.7 Å². The van der Waals surface area contributed by atoms with Gasteiger partial charge in [-0.15, -0.1) is 0 Å². The van der Waals surface area contributed by atoms with Crippen LogP contribution >= 0.6 is 9.47 Å². The lowest BCUT2D eigenvalue weighted by Crippen LogP contribution is -2.30. The zero-order chi connectivity index (χ0) is 18.5. The van der Waals surface area contributed by atoms with Crippen LogP contribution in [0.15, 0.2) is 12.3 Å². The molecule has 1 aromatic rings. The number of nitrogens with two attached hydrogens (primary N) is 1. The molecule has 0 aliphatic rings. The van der Waals surface area contributed by atoms with E-state index in [9.17, 15) is 9.59 Å². The molecule has 0 fully saturated rings. The Morgan fingerprint density at radius 2 is 2.04 bits per heavy atom. The molecule has 0 radical (unpaired) electrons. The Kier molecular flexibility index (Phi) is 12.3. The van der Waals surface area contributed by atoms with Gasteiger partial charge in [-0.2, -0.15) is 0 Å². The van der Waals surface area contributed by atoms with Crippen molar-refractivity contribution in [3.63, 3.8) is 0 Å². The molecule has 2 N–H and O–H groups in total. The summed E-state index contributed by atoms with van der Waals surface area (Å²) in [6.45, 7) is 8.56. The minimum absolute atomic E-state index is 0.304. The lowest BCUT2D eigenvalue weighted by atomic mass is 10.1. The fourth-order valence-corrected chi connectivity index (χ4v) is 1.96. The molecule has 1 aromatic heterocycles. The van der Waals surface area contributed by atoms with Crippen LogP contribution in [-0.2, 0) is 20.7 Å². The Labute approximate surface area is 146 Å². The Morgan fingerprint density at radius 3 is 2.50 bits per heavy atom. The summed E-state index contributed by atoms with van der Waals surface area (Å²) in [5.74, 6) is 0.176. The minimum Gasteiger partial charge on any atom is -0.464 e. The highest BCUT2D eigenvalue weighted by atomic mass is 31.0. The second-order valence-corrected chi connectivity index (χ2v) is 5.89. The van der Waals surface area contributed by atoms with E-state index < -0.39 is 6.04 Å². The normalized spacial score (nSPS) is 11.5. The predicted octanol–water partition coefficient (Wildman–Crippen LogP) is 2.82. The fourth-order valence-electron chi connectivity index (χ4n) is 1.79. The average molecular weight is 356 g/mol. The van der Waals surface area contributed by atoms with E-state index in [1.807, 2.05) is 6.92 Å². The number of aldehydes is 1. The van der Waals surface area contributed by atoms with Gasteiger partial charge in [-0.05, 0) is 25.8 Å². The summed E-state index contributed by atoms with van der Waals surface area (Å²) < 4.78 is 9.81. The molecule has 0 amide bonds. The number of hydrogen-bond acceptors (Lipinski definition) is 6. The quantitative estimate of drug-likeness (QED) is 0.437. The number of carbonyl (C=O) groups excluding carboxylic acids is 2. The number of hydrogen-bond donors (Lipinski definition) is 1. The van der Waals surface area contributed by atoms with Gasteiger partial charge in [0.25, 0.3) is 0 Å². The first kappa shape index (κ1) is 22.6. The molecule has 0 saturated carbocycles. The van der Waals surface area contributed by atoms with Crippen molar-refractivity contribution in [2.75, 3.05) is 6.61 Å². The van der Waals surface area contributed by atoms with Gasteiger partial charge in [0, 0.05) is 32.5 Å². The van der Waals surface area contributed by atoms with Crippen molar-refractivity contribution in [1.29, 1.82) is 0 Å². The van der Waals surface area contributed by atoms with Gasteiger partial charge < -0.3 is 15.0 Å². The van der Waals surface area contributed by atoms with Gasteiger partial charge in [-0.25, -0.2) is 0 Å². The number of aromatic nitrogens is 1. The molecule has 7 heteroatoms. The van der Waals surface area contributed by atoms with Gasteiger partial charge in [-0.1, -0.05) is 26.7 Å². The zero-order valence-electron chi connectivity index (χ0n) is 15.0. The maximum Gasteiger partial charge on any atom is 0.322 e. The third kappa shape index (κ3) is 9.06. The zero-order valence-corrected chi connectivity index (χ0v) is 16.1. The van der Waals surface area contributed by atoms with Crippen LogP contribution in [0.4, 0.5) is 0 Å². The van der Waals surface area contributed by atoms with Gasteiger partial charge >= 0.3 is 5.97 Å². The second kappa shape index (κ2) is 13.0. The Bertz CT molecular complexity index is 505. The molecule has 136 valence electrons. The maximum atomic E-state index is 10.9. The van der Waals surface area contributed by atoms with Gasteiger partial charge in [0.1, 0.15) is 6.04 Å². The fraction of sp³-hybridized carbons (Fsp3) is 0.588. The first-order valence-corrected chi connectivity index (χ1v) is 8.51. The van der Waals surface area contributed by atoms with Crippen LogP contribution in [0.2, 0.25) is 0 Å². The second-order valence-electron chi connectivity index (χ2n) is 5.55. The van der Waals surface area contributed by atoms with Crippen LogP contribution in [0.5, 0.6) is 0 Å². The predicted molar refractivity (Wildman–Crippen MR) is 97.5 cm³/mol. The molecule has 2 unspecified atom stereocenters. The summed E-state index contributed by atoms with van der Waals surface area (Å²) >= 11 is 0. The number of pyridine rings is 1. The molecule has 0 aliphatic carbocycles. The molecular weight excluding hydrogens is 327 g/mol. The Balaban J connectivity index is 0.000000441. The van der Waals surface area contributed by atoms with Crippen LogP contribution in [0, 0.1) is 12.8 Å². The van der Waals surface area contributed by atoms with Crippen LogP contribution in [0.25, 0.3) is 0 Å². The van der Waals surface area contributed by atoms with Crippen LogP contribution in [0.3, 0.4) is 0 Å². The highest BCUT2D eigenvalue weighted by Gasteiger charge is 2.11. The van der Waals surface area contributed by atoms with E-state index in [-0.39, 0.29) is 5.97 Å². The third-order valence-electron chi connectivity index (χ3n) is 3.51. The van der Waals surface area contributed by atoms with Gasteiger partial charge in [0.05, 0.1) is 13.2 Å². The van der Waals surface area contributed by atoms with Crippen molar-refractivity contribution in [3.8, 4) is 0 Å². The molecule has 1 heterocycles. The van der Waals surface area contributed by atoms with E-state index in [0.29, 0.717) is 24.7 Å². The molecule has 0 aromatic carbocycles. The summed E-state index contributed by atoms with van der Waals surface area (Å²) in [6, 6.07) is 1.24. The smallest absolute Gasteiger partial charge is 0.322 e. The highest BCUT2D eigenvalue weighted by molar-refractivity contribution is 7.09. The molecular formula is C17H29N2O4P. The molecule has 24 heavy (non-hydrogen) atoms. The first-order chi connectivity index (χ1) is 11.4. The Hall–Kier alpha value is -1.36. The summed E-state index contributed by atoms with van der Waals surface area (Å²) in [5, 5.41) is 0. The first-order valence-electron chi connectivity index (χ1n) is 8.04. The lowest BCUT2D eigenvalue weighted by molar-refractivity contribution is -0.146. The largest absolute Gasteiger partial charge is 0.464 e. The van der Waals surface area contributed by atoms with Crippen molar-refractivity contribution in [2.24, 2.45) is 11.7 Å². The number of rotatable bonds is 8. The van der Waals surface area contributed by atoms with Crippen molar-refractivity contribution < 1.29 is 18.8 Å². The molecule has 6 nitrogen and oxygen atoms in total. The van der Waals surface area contributed by atoms with E-state index in [4.69, 9.17) is 15.0 Å². The SMILES string of the molecule is CCC(CC)COC(=O)C(C)N.Cc1cc(C=O)c(COP)cn1. The third-order valence-corrected chi connectivity index (χ3v) is 3.68. The van der Waals surface area contributed by atoms with E-state index in [0.717, 1.165) is 30.4 Å². The van der Waals surface area contributed by atoms with Crippen LogP contribution in [0.1, 0.15) is 55.2 Å². The molecule has 1 rings (SSSR count). The monoisotopic (exact) mass is 356 g/mol. The summed E-state index contributed by atoms with van der Waals surface area (Å²) in [7, 11) is 2.14. The van der Waals surface area contributed by atoms with E-state index in [1.165, 1.54) is 0 Å². The van der Waals surface area contributed by atoms with E-state index in [2.05, 4.69) is 28.3 Å². The molecule has 0 spiro atoms. The molecule has 0 saturated heterocycles. The summed E-state index contributed by atoms with van der Waals surface area (Å²) in [6.07, 6.45) is 4.56. The number of carbonyl (C=O) groups is 2. The van der Waals surface area contributed by atoms with Gasteiger partial charge in [0.15, 0.2) is 6.29 Å². The molecule has 0 bridgehead atoms. The maximum absolute atomic E-state index is 10.9. The van der Waals surface area contributed by atoms with Crippen LogP contribution < -0.4 is 5.73 Å². The Morgan fingerprint density at radius 1 is 1.42 bits per heavy atom. The minimum atomic E-state index is -0.501. The standard InChI is InChI=1S/C9H19NO2.C8H10NO2P/c1-4-8(5-2)6-12-9(11)7(3)10;1-6-2-7(4-10)8(3-9-6)5-11-12/h7-8H,4-6,10H2,1-3H3;2-4H,5,12H2,1H3. The number of ether oxygens (including phenoxy) is 1. The average Bonchev–Trinajstić information content (AvgIpc) is 2.57. The summed E-state index contributed by atoms with van der Waals surface area (Å²) in [5.41, 5.74) is 7.62. The lowest BCUT2D eigenvalue weighted by Gasteiger charge is -2.13. The van der Waals surface area contributed by atoms with Crippen LogP contribution in [-0.4, -0.2) is 29.9 Å². The van der Waals surface area contributed by atoms with Gasteiger partial charge in [0.2, 0.25) is 0 Å². The van der Waals surface area contributed by atoms with Crippen molar-refractivity contribution in [1.82, 2.24) is 4.98 Å².